The van der Waals surface area contributed by atoms with E-state index in [0.29, 0.717) is 6.54 Å². The summed E-state index contributed by atoms with van der Waals surface area (Å²) in [7, 11) is 1.89. The first kappa shape index (κ1) is 14.0. The summed E-state index contributed by atoms with van der Waals surface area (Å²) in [6.07, 6.45) is 0.922. The van der Waals surface area contributed by atoms with Crippen molar-refractivity contribution < 1.29 is 9.90 Å². The Morgan fingerprint density at radius 3 is 2.42 bits per heavy atom. The smallest absolute Gasteiger partial charge is 0.246 e. The van der Waals surface area contributed by atoms with Crippen molar-refractivity contribution in [2.75, 3.05) is 31.6 Å². The molecule has 1 N–H and O–H groups in total. The summed E-state index contributed by atoms with van der Waals surface area (Å²) in [6.45, 7) is 5.49. The highest BCUT2D eigenvalue weighted by Gasteiger charge is 2.30. The zero-order valence-corrected chi connectivity index (χ0v) is 11.9. The predicted octanol–water partition coefficient (Wildman–Crippen LogP) is 1.33. The zero-order chi connectivity index (χ0) is 14.0. The standard InChI is InChI=1S/C15H22N2O2/c1-11-7-12(2)9-13(8-11)17-6-4-5-16(3)14(10-18)15(17)19/h7-9,14,18H,4-6,10H2,1-3H3. The largest absolute Gasteiger partial charge is 0.394 e. The number of aryl methyl sites for hydroxylation is 2. The highest BCUT2D eigenvalue weighted by Crippen LogP contribution is 2.22. The predicted molar refractivity (Wildman–Crippen MR) is 76.4 cm³/mol. The summed E-state index contributed by atoms with van der Waals surface area (Å²) >= 11 is 0. The van der Waals surface area contributed by atoms with Crippen molar-refractivity contribution in [2.45, 2.75) is 26.3 Å². The molecule has 1 heterocycles. The van der Waals surface area contributed by atoms with E-state index in [9.17, 15) is 9.90 Å². The minimum absolute atomic E-state index is 0.00694. The van der Waals surface area contributed by atoms with Crippen LogP contribution in [-0.4, -0.2) is 48.7 Å². The van der Waals surface area contributed by atoms with Crippen molar-refractivity contribution in [2.24, 2.45) is 0 Å². The maximum atomic E-state index is 12.5. The van der Waals surface area contributed by atoms with E-state index >= 15 is 0 Å². The van der Waals surface area contributed by atoms with Gasteiger partial charge in [-0.3, -0.25) is 9.69 Å². The SMILES string of the molecule is Cc1cc(C)cc(N2CCCN(C)C(CO)C2=O)c1. The van der Waals surface area contributed by atoms with Crippen molar-refractivity contribution in [1.29, 1.82) is 0 Å². The summed E-state index contributed by atoms with van der Waals surface area (Å²) in [5.74, 6) is -0.00694. The van der Waals surface area contributed by atoms with E-state index in [-0.39, 0.29) is 12.5 Å². The van der Waals surface area contributed by atoms with Gasteiger partial charge in [-0.1, -0.05) is 6.07 Å². The van der Waals surface area contributed by atoms with Crippen LogP contribution in [0.3, 0.4) is 0 Å². The van der Waals surface area contributed by atoms with Gasteiger partial charge in [0, 0.05) is 18.8 Å². The lowest BCUT2D eigenvalue weighted by Crippen LogP contribution is -2.46. The lowest BCUT2D eigenvalue weighted by molar-refractivity contribution is -0.123. The van der Waals surface area contributed by atoms with Crippen LogP contribution in [0.2, 0.25) is 0 Å². The van der Waals surface area contributed by atoms with Gasteiger partial charge in [0.25, 0.3) is 0 Å². The molecule has 0 spiro atoms. The molecule has 1 aromatic carbocycles. The fourth-order valence-corrected chi connectivity index (χ4v) is 2.69. The third-order valence-corrected chi connectivity index (χ3v) is 3.67. The van der Waals surface area contributed by atoms with Crippen molar-refractivity contribution in [3.8, 4) is 0 Å². The maximum Gasteiger partial charge on any atom is 0.246 e. The van der Waals surface area contributed by atoms with Crippen molar-refractivity contribution in [3.05, 3.63) is 29.3 Å². The Balaban J connectivity index is 2.34. The molecule has 1 aliphatic heterocycles. The number of rotatable bonds is 2. The quantitative estimate of drug-likeness (QED) is 0.874. The van der Waals surface area contributed by atoms with E-state index < -0.39 is 6.04 Å². The molecule has 2 rings (SSSR count). The third kappa shape index (κ3) is 2.96. The number of amides is 1. The Morgan fingerprint density at radius 1 is 1.21 bits per heavy atom. The number of carbonyl (C=O) groups is 1. The van der Waals surface area contributed by atoms with Gasteiger partial charge in [-0.25, -0.2) is 0 Å². The number of hydrogen-bond acceptors (Lipinski definition) is 3. The van der Waals surface area contributed by atoms with E-state index in [2.05, 4.69) is 6.07 Å². The summed E-state index contributed by atoms with van der Waals surface area (Å²) in [6, 6.07) is 5.74. The normalized spacial score (nSPS) is 21.6. The molecule has 1 saturated heterocycles. The van der Waals surface area contributed by atoms with Crippen molar-refractivity contribution in [3.63, 3.8) is 0 Å². The van der Waals surface area contributed by atoms with Gasteiger partial charge in [0.2, 0.25) is 5.91 Å². The van der Waals surface area contributed by atoms with Crippen LogP contribution in [0.15, 0.2) is 18.2 Å². The number of carbonyl (C=O) groups excluding carboxylic acids is 1. The van der Waals surface area contributed by atoms with Gasteiger partial charge in [-0.05, 0) is 50.6 Å². The Kier molecular flexibility index (Phi) is 4.22. The molecule has 1 atom stereocenters. The molecule has 0 bridgehead atoms. The monoisotopic (exact) mass is 262 g/mol. The second kappa shape index (κ2) is 5.72. The number of aliphatic hydroxyl groups excluding tert-OH is 1. The third-order valence-electron chi connectivity index (χ3n) is 3.67. The molecular formula is C15H22N2O2. The van der Waals surface area contributed by atoms with Crippen LogP contribution in [-0.2, 0) is 4.79 Å². The molecule has 4 nitrogen and oxygen atoms in total. The summed E-state index contributed by atoms with van der Waals surface area (Å²) < 4.78 is 0. The summed E-state index contributed by atoms with van der Waals surface area (Å²) in [4.78, 5) is 16.3. The first-order valence-corrected chi connectivity index (χ1v) is 6.73. The minimum atomic E-state index is -0.427. The van der Waals surface area contributed by atoms with E-state index in [0.717, 1.165) is 29.8 Å². The molecule has 4 heteroatoms. The van der Waals surface area contributed by atoms with Crippen LogP contribution in [0, 0.1) is 13.8 Å². The average Bonchev–Trinajstić information content (AvgIpc) is 2.47. The molecule has 1 aromatic rings. The zero-order valence-electron chi connectivity index (χ0n) is 11.9. The first-order valence-electron chi connectivity index (χ1n) is 6.73. The number of aliphatic hydroxyl groups is 1. The fraction of sp³-hybridized carbons (Fsp3) is 0.533. The number of hydrogen-bond donors (Lipinski definition) is 1. The molecule has 19 heavy (non-hydrogen) atoms. The van der Waals surface area contributed by atoms with Crippen LogP contribution in [0.25, 0.3) is 0 Å². The van der Waals surface area contributed by atoms with Gasteiger partial charge in [-0.15, -0.1) is 0 Å². The second-order valence-electron chi connectivity index (χ2n) is 5.37. The number of nitrogens with zero attached hydrogens (tertiary/aromatic N) is 2. The van der Waals surface area contributed by atoms with Crippen LogP contribution in [0.5, 0.6) is 0 Å². The van der Waals surface area contributed by atoms with Crippen LogP contribution in [0.4, 0.5) is 5.69 Å². The summed E-state index contributed by atoms with van der Waals surface area (Å²) in [5.41, 5.74) is 3.25. The minimum Gasteiger partial charge on any atom is -0.394 e. The average molecular weight is 262 g/mol. The highest BCUT2D eigenvalue weighted by molar-refractivity contribution is 5.97. The Morgan fingerprint density at radius 2 is 1.84 bits per heavy atom. The van der Waals surface area contributed by atoms with Crippen LogP contribution < -0.4 is 4.90 Å². The van der Waals surface area contributed by atoms with Crippen LogP contribution >= 0.6 is 0 Å². The topological polar surface area (TPSA) is 43.8 Å². The highest BCUT2D eigenvalue weighted by atomic mass is 16.3. The van der Waals surface area contributed by atoms with Crippen molar-refractivity contribution in [1.82, 2.24) is 4.90 Å². The van der Waals surface area contributed by atoms with Gasteiger partial charge >= 0.3 is 0 Å². The van der Waals surface area contributed by atoms with Gasteiger partial charge in [0.15, 0.2) is 0 Å². The fourth-order valence-electron chi connectivity index (χ4n) is 2.69. The molecule has 1 amide bonds. The van der Waals surface area contributed by atoms with Crippen LogP contribution in [0.1, 0.15) is 17.5 Å². The Hall–Kier alpha value is -1.39. The second-order valence-corrected chi connectivity index (χ2v) is 5.37. The number of anilines is 1. The van der Waals surface area contributed by atoms with Crippen molar-refractivity contribution >= 4 is 11.6 Å². The molecule has 0 saturated carbocycles. The molecule has 1 aliphatic rings. The Bertz CT molecular complexity index is 453. The Labute approximate surface area is 114 Å². The van der Waals surface area contributed by atoms with Gasteiger partial charge in [0.1, 0.15) is 6.04 Å². The summed E-state index contributed by atoms with van der Waals surface area (Å²) in [5, 5.41) is 9.44. The lowest BCUT2D eigenvalue weighted by atomic mass is 10.1. The molecule has 0 aliphatic carbocycles. The molecular weight excluding hydrogens is 240 g/mol. The lowest BCUT2D eigenvalue weighted by Gasteiger charge is -2.27. The maximum absolute atomic E-state index is 12.5. The van der Waals surface area contributed by atoms with E-state index in [1.165, 1.54) is 0 Å². The number of benzene rings is 1. The van der Waals surface area contributed by atoms with E-state index in [1.807, 2.05) is 42.8 Å². The van der Waals surface area contributed by atoms with Gasteiger partial charge in [-0.2, -0.15) is 0 Å². The van der Waals surface area contributed by atoms with Gasteiger partial charge < -0.3 is 10.0 Å². The molecule has 0 aromatic heterocycles. The molecule has 104 valence electrons. The molecule has 1 unspecified atom stereocenters. The molecule has 1 fully saturated rings. The van der Waals surface area contributed by atoms with Gasteiger partial charge in [0.05, 0.1) is 6.61 Å². The number of likely N-dealkylation sites (N-methyl/N-ethyl adjacent to an activating group) is 1. The first-order chi connectivity index (χ1) is 9.02. The van der Waals surface area contributed by atoms with E-state index in [4.69, 9.17) is 0 Å². The van der Waals surface area contributed by atoms with E-state index in [1.54, 1.807) is 0 Å². The molecule has 0 radical (unpaired) electrons.